The van der Waals surface area contributed by atoms with Gasteiger partial charge < -0.3 is 20.1 Å². The maximum atomic E-state index is 13.7. The van der Waals surface area contributed by atoms with Crippen LogP contribution in [-0.2, 0) is 16.1 Å². The van der Waals surface area contributed by atoms with Crippen molar-refractivity contribution in [3.8, 4) is 0 Å². The summed E-state index contributed by atoms with van der Waals surface area (Å²) in [4.78, 5) is 13.1. The van der Waals surface area contributed by atoms with E-state index >= 15 is 0 Å². The van der Waals surface area contributed by atoms with Crippen molar-refractivity contribution in [1.82, 2.24) is 5.32 Å². The van der Waals surface area contributed by atoms with Gasteiger partial charge in [0.1, 0.15) is 5.82 Å². The Morgan fingerprint density at radius 1 is 1.53 bits per heavy atom. The Hall–Kier alpha value is -1.66. The normalized spacial score (nSPS) is 10.3. The van der Waals surface area contributed by atoms with Crippen LogP contribution >= 0.6 is 0 Å². The molecule has 0 atom stereocenters. The Bertz CT molecular complexity index is 426. The number of anilines is 1. The third-order valence-corrected chi connectivity index (χ3v) is 2.62. The lowest BCUT2D eigenvalue weighted by Crippen LogP contribution is -2.37. The Balaban J connectivity index is 2.57. The number of ether oxygens (including phenoxy) is 1. The van der Waals surface area contributed by atoms with Gasteiger partial charge in [0, 0.05) is 20.7 Å². The van der Waals surface area contributed by atoms with Crippen LogP contribution in [0.5, 0.6) is 0 Å². The molecular weight excluding hydrogens is 251 g/mol. The lowest BCUT2D eigenvalue weighted by atomic mass is 10.2. The Labute approximate surface area is 112 Å². The fraction of sp³-hybridized carbons (Fsp3) is 0.462. The van der Waals surface area contributed by atoms with Crippen molar-refractivity contribution < 1.29 is 19.0 Å². The maximum absolute atomic E-state index is 13.7. The predicted molar refractivity (Wildman–Crippen MR) is 70.5 cm³/mol. The van der Waals surface area contributed by atoms with E-state index in [2.05, 4.69) is 5.32 Å². The van der Waals surface area contributed by atoms with E-state index in [0.717, 1.165) is 0 Å². The quantitative estimate of drug-likeness (QED) is 0.709. The first-order valence-electron chi connectivity index (χ1n) is 5.94. The summed E-state index contributed by atoms with van der Waals surface area (Å²) in [5, 5.41) is 11.6. The molecule has 0 aliphatic rings. The number of amides is 1. The van der Waals surface area contributed by atoms with Crippen molar-refractivity contribution in [2.75, 3.05) is 38.8 Å². The molecule has 2 N–H and O–H groups in total. The van der Waals surface area contributed by atoms with Crippen molar-refractivity contribution in [1.29, 1.82) is 0 Å². The number of aliphatic hydroxyl groups excluding tert-OH is 1. The molecule has 0 radical (unpaired) electrons. The maximum Gasteiger partial charge on any atom is 0.239 e. The number of nitrogens with one attached hydrogen (secondary N) is 1. The molecule has 0 unspecified atom stereocenters. The molecule has 0 aromatic heterocycles. The van der Waals surface area contributed by atoms with Gasteiger partial charge in [-0.25, -0.2) is 4.39 Å². The number of likely N-dealkylation sites (N-methyl/N-ethyl adjacent to an activating group) is 1. The van der Waals surface area contributed by atoms with E-state index in [-0.39, 0.29) is 19.1 Å². The highest BCUT2D eigenvalue weighted by atomic mass is 19.1. The number of hydrogen-bond donors (Lipinski definition) is 2. The average Bonchev–Trinajstić information content (AvgIpc) is 2.38. The van der Waals surface area contributed by atoms with Crippen LogP contribution in [-0.4, -0.2) is 44.9 Å². The monoisotopic (exact) mass is 270 g/mol. The topological polar surface area (TPSA) is 61.8 Å². The minimum absolute atomic E-state index is 0.0547. The minimum atomic E-state index is -0.459. The van der Waals surface area contributed by atoms with Crippen LogP contribution in [0.15, 0.2) is 18.2 Å². The van der Waals surface area contributed by atoms with Gasteiger partial charge in [-0.3, -0.25) is 4.79 Å². The fourth-order valence-corrected chi connectivity index (χ4v) is 1.61. The van der Waals surface area contributed by atoms with Gasteiger partial charge >= 0.3 is 0 Å². The number of rotatable bonds is 7. The molecule has 0 saturated heterocycles. The SMILES string of the molecule is COCCNC(=O)CN(C)c1ccc(CO)cc1F. The number of carbonyl (C=O) groups is 1. The zero-order valence-electron chi connectivity index (χ0n) is 11.1. The molecule has 0 heterocycles. The van der Waals surface area contributed by atoms with Crippen molar-refractivity contribution in [3.63, 3.8) is 0 Å². The van der Waals surface area contributed by atoms with Gasteiger partial charge in [-0.15, -0.1) is 0 Å². The summed E-state index contributed by atoms with van der Waals surface area (Å²) >= 11 is 0. The van der Waals surface area contributed by atoms with Gasteiger partial charge in [0.15, 0.2) is 0 Å². The van der Waals surface area contributed by atoms with Gasteiger partial charge in [-0.2, -0.15) is 0 Å². The zero-order valence-corrected chi connectivity index (χ0v) is 11.1. The van der Waals surface area contributed by atoms with Gasteiger partial charge in [0.25, 0.3) is 0 Å². The second kappa shape index (κ2) is 7.70. The summed E-state index contributed by atoms with van der Waals surface area (Å²) in [7, 11) is 3.18. The van der Waals surface area contributed by atoms with Crippen molar-refractivity contribution in [2.24, 2.45) is 0 Å². The summed E-state index contributed by atoms with van der Waals surface area (Å²) in [5.41, 5.74) is 0.818. The highest BCUT2D eigenvalue weighted by Gasteiger charge is 2.11. The molecule has 0 aliphatic heterocycles. The van der Waals surface area contributed by atoms with E-state index < -0.39 is 5.82 Å². The van der Waals surface area contributed by atoms with E-state index in [1.807, 2.05) is 0 Å². The molecule has 1 rings (SSSR count). The summed E-state index contributed by atoms with van der Waals surface area (Å²) in [6, 6.07) is 4.43. The molecule has 0 bridgehead atoms. The third-order valence-electron chi connectivity index (χ3n) is 2.62. The second-order valence-electron chi connectivity index (χ2n) is 4.14. The molecule has 0 spiro atoms. The fourth-order valence-electron chi connectivity index (χ4n) is 1.61. The second-order valence-corrected chi connectivity index (χ2v) is 4.14. The first-order valence-corrected chi connectivity index (χ1v) is 5.94. The third kappa shape index (κ3) is 4.84. The van der Waals surface area contributed by atoms with Crippen molar-refractivity contribution in [2.45, 2.75) is 6.61 Å². The number of nitrogens with zero attached hydrogens (tertiary/aromatic N) is 1. The summed E-state index contributed by atoms with van der Waals surface area (Å²) in [5.74, 6) is -0.663. The highest BCUT2D eigenvalue weighted by molar-refractivity contribution is 5.81. The predicted octanol–water partition coefficient (Wildman–Crippen LogP) is 0.517. The molecule has 0 fully saturated rings. The van der Waals surface area contributed by atoms with E-state index in [4.69, 9.17) is 9.84 Å². The molecule has 0 saturated carbocycles. The minimum Gasteiger partial charge on any atom is -0.392 e. The first kappa shape index (κ1) is 15.4. The molecule has 1 amide bonds. The van der Waals surface area contributed by atoms with Crippen LogP contribution in [0.4, 0.5) is 10.1 Å². The largest absolute Gasteiger partial charge is 0.392 e. The number of aliphatic hydroxyl groups is 1. The summed E-state index contributed by atoms with van der Waals surface area (Å²) in [6.45, 7) is 0.710. The van der Waals surface area contributed by atoms with Crippen LogP contribution in [0.3, 0.4) is 0 Å². The number of methoxy groups -OCH3 is 1. The van der Waals surface area contributed by atoms with Crippen molar-refractivity contribution in [3.05, 3.63) is 29.6 Å². The molecule has 0 aliphatic carbocycles. The Morgan fingerprint density at radius 3 is 2.84 bits per heavy atom. The zero-order chi connectivity index (χ0) is 14.3. The molecule has 19 heavy (non-hydrogen) atoms. The van der Waals surface area contributed by atoms with Gasteiger partial charge in [-0.1, -0.05) is 6.07 Å². The summed E-state index contributed by atoms with van der Waals surface area (Å²) in [6.07, 6.45) is 0. The first-order chi connectivity index (χ1) is 9.08. The summed E-state index contributed by atoms with van der Waals surface area (Å²) < 4.78 is 18.6. The Kier molecular flexibility index (Phi) is 6.24. The molecule has 5 nitrogen and oxygen atoms in total. The van der Waals surface area contributed by atoms with Gasteiger partial charge in [0.05, 0.1) is 25.4 Å². The molecule has 6 heteroatoms. The van der Waals surface area contributed by atoms with Crippen LogP contribution in [0.25, 0.3) is 0 Å². The van der Waals surface area contributed by atoms with Gasteiger partial charge in [0.2, 0.25) is 5.91 Å². The standard InChI is InChI=1S/C13H19FN2O3/c1-16(8-13(18)15-5-6-19-2)12-4-3-10(9-17)7-11(12)14/h3-4,7,17H,5-6,8-9H2,1-2H3,(H,15,18). The number of carbonyl (C=O) groups excluding carboxylic acids is 1. The molecule has 1 aromatic rings. The van der Waals surface area contributed by atoms with Crippen molar-refractivity contribution >= 4 is 11.6 Å². The number of benzene rings is 1. The van der Waals surface area contributed by atoms with Crippen LogP contribution in [0.2, 0.25) is 0 Å². The van der Waals surface area contributed by atoms with E-state index in [9.17, 15) is 9.18 Å². The van der Waals surface area contributed by atoms with E-state index in [0.29, 0.717) is 24.4 Å². The molecule has 1 aromatic carbocycles. The average molecular weight is 270 g/mol. The van der Waals surface area contributed by atoms with Crippen LogP contribution in [0.1, 0.15) is 5.56 Å². The van der Waals surface area contributed by atoms with Crippen LogP contribution < -0.4 is 10.2 Å². The van der Waals surface area contributed by atoms with Gasteiger partial charge in [-0.05, 0) is 17.7 Å². The van der Waals surface area contributed by atoms with E-state index in [1.54, 1.807) is 26.3 Å². The smallest absolute Gasteiger partial charge is 0.239 e. The molecule has 106 valence electrons. The number of halogens is 1. The van der Waals surface area contributed by atoms with Crippen LogP contribution in [0, 0.1) is 5.82 Å². The lowest BCUT2D eigenvalue weighted by molar-refractivity contribution is -0.119. The van der Waals surface area contributed by atoms with E-state index in [1.165, 1.54) is 11.0 Å². The Morgan fingerprint density at radius 2 is 2.26 bits per heavy atom. The number of hydrogen-bond acceptors (Lipinski definition) is 4. The lowest BCUT2D eigenvalue weighted by Gasteiger charge is -2.19. The molecular formula is C13H19FN2O3. The highest BCUT2D eigenvalue weighted by Crippen LogP contribution is 2.19.